The number of fused-ring (bicyclic) bond motifs is 1. The number of nitrogens with zero attached hydrogens (tertiary/aromatic N) is 2. The maximum absolute atomic E-state index is 13.6. The number of ether oxygens (including phenoxy) is 1. The molecular formula is C28H35N5O4. The largest absolute Gasteiger partial charge is 0.374 e. The third-order valence-electron chi connectivity index (χ3n) is 7.71. The van der Waals surface area contributed by atoms with Gasteiger partial charge in [0.25, 0.3) is 0 Å². The van der Waals surface area contributed by atoms with E-state index >= 15 is 0 Å². The second-order valence-corrected chi connectivity index (χ2v) is 10.3. The molecule has 0 bridgehead atoms. The molecule has 1 saturated carbocycles. The van der Waals surface area contributed by atoms with Gasteiger partial charge in [-0.05, 0) is 43.4 Å². The first-order chi connectivity index (χ1) is 17.9. The summed E-state index contributed by atoms with van der Waals surface area (Å²) in [5.74, 6) is -0.459. The van der Waals surface area contributed by atoms with Gasteiger partial charge in [-0.2, -0.15) is 0 Å². The molecule has 2 aromatic carbocycles. The van der Waals surface area contributed by atoms with Gasteiger partial charge < -0.3 is 25.7 Å². The zero-order valence-corrected chi connectivity index (χ0v) is 21.0. The van der Waals surface area contributed by atoms with Crippen LogP contribution in [0.25, 0.3) is 11.0 Å². The number of piperidine rings is 1. The summed E-state index contributed by atoms with van der Waals surface area (Å²) in [4.78, 5) is 44.0. The monoisotopic (exact) mass is 505 g/mol. The van der Waals surface area contributed by atoms with Crippen LogP contribution in [0, 0.1) is 0 Å². The van der Waals surface area contributed by atoms with E-state index in [2.05, 4.69) is 10.3 Å². The van der Waals surface area contributed by atoms with Gasteiger partial charge in [0.2, 0.25) is 11.8 Å². The van der Waals surface area contributed by atoms with Gasteiger partial charge in [-0.15, -0.1) is 0 Å². The van der Waals surface area contributed by atoms with Crippen molar-refractivity contribution >= 4 is 22.8 Å². The highest BCUT2D eigenvalue weighted by atomic mass is 16.5. The molecule has 3 aromatic rings. The van der Waals surface area contributed by atoms with Crippen LogP contribution >= 0.6 is 0 Å². The van der Waals surface area contributed by atoms with Crippen molar-refractivity contribution in [2.75, 3.05) is 19.7 Å². The van der Waals surface area contributed by atoms with Crippen LogP contribution in [0.15, 0.2) is 59.4 Å². The molecule has 1 aliphatic carbocycles. The molecule has 0 unspecified atom stereocenters. The number of aromatic amines is 1. The van der Waals surface area contributed by atoms with Crippen LogP contribution in [0.4, 0.5) is 0 Å². The SMILES string of the molecule is NC1(C(=O)N[C@H](COCc2ccccc2)C(=O)N2CCC(n3c(=O)[nH]c4ccccc43)CC2)CCCC1. The van der Waals surface area contributed by atoms with Crippen LogP contribution in [0.1, 0.15) is 50.1 Å². The standard InChI is InChI=1S/C28H35N5O4/c29-28(14-6-7-15-28)26(35)30-23(19-37-18-20-8-2-1-3-9-20)25(34)32-16-12-21(13-17-32)33-24-11-5-4-10-22(24)31-27(33)36/h1-5,8-11,21,23H,6-7,12-19,29H2,(H,30,35)(H,31,36)/t23-/m1/s1. The topological polar surface area (TPSA) is 122 Å². The summed E-state index contributed by atoms with van der Waals surface area (Å²) in [7, 11) is 0. The molecule has 0 spiro atoms. The smallest absolute Gasteiger partial charge is 0.326 e. The predicted molar refractivity (Wildman–Crippen MR) is 141 cm³/mol. The molecule has 2 fully saturated rings. The fourth-order valence-electron chi connectivity index (χ4n) is 5.58. The van der Waals surface area contributed by atoms with Crippen molar-refractivity contribution < 1.29 is 14.3 Å². The molecule has 5 rings (SSSR count). The number of hydrogen-bond acceptors (Lipinski definition) is 5. The minimum absolute atomic E-state index is 0.000807. The maximum atomic E-state index is 13.6. The Kier molecular flexibility index (Phi) is 7.43. The summed E-state index contributed by atoms with van der Waals surface area (Å²) < 4.78 is 7.68. The predicted octanol–water partition coefficient (Wildman–Crippen LogP) is 2.47. The molecular weight excluding hydrogens is 470 g/mol. The lowest BCUT2D eigenvalue weighted by Crippen LogP contribution is -2.59. The molecule has 2 aliphatic rings. The summed E-state index contributed by atoms with van der Waals surface area (Å²) in [6.07, 6.45) is 4.37. The van der Waals surface area contributed by atoms with E-state index in [4.69, 9.17) is 10.5 Å². The molecule has 9 heteroatoms. The number of hydrogen-bond donors (Lipinski definition) is 3. The molecule has 1 atom stereocenters. The highest BCUT2D eigenvalue weighted by Gasteiger charge is 2.40. The van der Waals surface area contributed by atoms with Crippen LogP contribution in [-0.4, -0.2) is 57.5 Å². The second-order valence-electron chi connectivity index (χ2n) is 10.3. The number of nitrogens with one attached hydrogen (secondary N) is 2. The van der Waals surface area contributed by atoms with Crippen molar-refractivity contribution in [1.29, 1.82) is 0 Å². The van der Waals surface area contributed by atoms with Gasteiger partial charge in [0, 0.05) is 19.1 Å². The van der Waals surface area contributed by atoms with E-state index < -0.39 is 11.6 Å². The van der Waals surface area contributed by atoms with Crippen molar-refractivity contribution in [2.24, 2.45) is 5.73 Å². The van der Waals surface area contributed by atoms with Crippen molar-refractivity contribution in [3.8, 4) is 0 Å². The average molecular weight is 506 g/mol. The lowest BCUT2D eigenvalue weighted by Gasteiger charge is -2.35. The van der Waals surface area contributed by atoms with Crippen molar-refractivity contribution in [3.63, 3.8) is 0 Å². The molecule has 1 aliphatic heterocycles. The first kappa shape index (κ1) is 25.2. The Morgan fingerprint density at radius 3 is 2.46 bits per heavy atom. The normalized spacial score (nSPS) is 18.7. The Hall–Kier alpha value is -3.43. The van der Waals surface area contributed by atoms with Crippen molar-refractivity contribution in [1.82, 2.24) is 19.8 Å². The summed E-state index contributed by atoms with van der Waals surface area (Å²) in [6.45, 7) is 1.40. The van der Waals surface area contributed by atoms with Gasteiger partial charge in [0.15, 0.2) is 0 Å². The molecule has 2 amide bonds. The van der Waals surface area contributed by atoms with E-state index in [0.29, 0.717) is 45.4 Å². The number of nitrogens with two attached hydrogens (primary N) is 1. The van der Waals surface area contributed by atoms with E-state index in [0.717, 1.165) is 29.4 Å². The fourth-order valence-corrected chi connectivity index (χ4v) is 5.58. The number of para-hydroxylation sites is 2. The fraction of sp³-hybridized carbons (Fsp3) is 0.464. The minimum atomic E-state index is -0.929. The van der Waals surface area contributed by atoms with Crippen LogP contribution < -0.4 is 16.7 Å². The van der Waals surface area contributed by atoms with Gasteiger partial charge in [-0.1, -0.05) is 55.3 Å². The van der Waals surface area contributed by atoms with E-state index in [1.54, 1.807) is 9.47 Å². The van der Waals surface area contributed by atoms with Crippen LogP contribution in [0.3, 0.4) is 0 Å². The lowest BCUT2D eigenvalue weighted by atomic mass is 9.97. The summed E-state index contributed by atoms with van der Waals surface area (Å²) in [5, 5.41) is 2.91. The Balaban J connectivity index is 1.25. The first-order valence-corrected chi connectivity index (χ1v) is 13.1. The number of carbonyl (C=O) groups excluding carboxylic acids is 2. The quantitative estimate of drug-likeness (QED) is 0.434. The van der Waals surface area contributed by atoms with Crippen LogP contribution in [-0.2, 0) is 20.9 Å². The minimum Gasteiger partial charge on any atom is -0.374 e. The van der Waals surface area contributed by atoms with E-state index in [-0.39, 0.29) is 30.2 Å². The maximum Gasteiger partial charge on any atom is 0.326 e. The summed E-state index contributed by atoms with van der Waals surface area (Å²) in [6, 6.07) is 16.6. The average Bonchev–Trinajstić information content (AvgIpc) is 3.51. The van der Waals surface area contributed by atoms with Crippen molar-refractivity contribution in [3.05, 3.63) is 70.6 Å². The molecule has 1 saturated heterocycles. The van der Waals surface area contributed by atoms with E-state index in [1.165, 1.54) is 0 Å². The number of rotatable bonds is 8. The number of H-pyrrole nitrogens is 1. The van der Waals surface area contributed by atoms with Gasteiger partial charge in [0.05, 0.1) is 29.8 Å². The van der Waals surface area contributed by atoms with Crippen LogP contribution in [0.5, 0.6) is 0 Å². The molecule has 9 nitrogen and oxygen atoms in total. The summed E-state index contributed by atoms with van der Waals surface area (Å²) >= 11 is 0. The van der Waals surface area contributed by atoms with Gasteiger partial charge in [-0.3, -0.25) is 14.2 Å². The number of benzene rings is 2. The van der Waals surface area contributed by atoms with E-state index in [9.17, 15) is 14.4 Å². The zero-order chi connectivity index (χ0) is 25.8. The number of aromatic nitrogens is 2. The van der Waals surface area contributed by atoms with Crippen molar-refractivity contribution in [2.45, 2.75) is 62.8 Å². The van der Waals surface area contributed by atoms with Gasteiger partial charge in [0.1, 0.15) is 6.04 Å². The molecule has 37 heavy (non-hydrogen) atoms. The molecule has 1 aromatic heterocycles. The highest BCUT2D eigenvalue weighted by molar-refractivity contribution is 5.92. The number of likely N-dealkylation sites (tertiary alicyclic amines) is 1. The molecule has 2 heterocycles. The summed E-state index contributed by atoms with van der Waals surface area (Å²) in [5.41, 5.74) is 7.99. The Morgan fingerprint density at radius 2 is 1.73 bits per heavy atom. The number of carbonyl (C=O) groups is 2. The Labute approximate surface area is 216 Å². The van der Waals surface area contributed by atoms with Crippen LogP contribution in [0.2, 0.25) is 0 Å². The highest BCUT2D eigenvalue weighted by Crippen LogP contribution is 2.28. The lowest BCUT2D eigenvalue weighted by molar-refractivity contribution is -0.140. The third-order valence-corrected chi connectivity index (χ3v) is 7.71. The van der Waals surface area contributed by atoms with Gasteiger partial charge >= 0.3 is 5.69 Å². The Bertz CT molecular complexity index is 1290. The molecule has 196 valence electrons. The molecule has 0 radical (unpaired) electrons. The Morgan fingerprint density at radius 1 is 1.05 bits per heavy atom. The van der Waals surface area contributed by atoms with E-state index in [1.807, 2.05) is 54.6 Å². The zero-order valence-electron chi connectivity index (χ0n) is 21.0. The first-order valence-electron chi connectivity index (χ1n) is 13.1. The number of imidazole rings is 1. The number of amides is 2. The third kappa shape index (κ3) is 5.47. The van der Waals surface area contributed by atoms with Gasteiger partial charge in [-0.25, -0.2) is 4.79 Å². The molecule has 4 N–H and O–H groups in total. The second kappa shape index (κ2) is 10.9.